The Labute approximate surface area is 117 Å². The van der Waals surface area contributed by atoms with Gasteiger partial charge >= 0.3 is 0 Å². The highest BCUT2D eigenvalue weighted by molar-refractivity contribution is 7.99. The maximum Gasteiger partial charge on any atom is 0.0640 e. The molecule has 2 N–H and O–H groups in total. The van der Waals surface area contributed by atoms with Gasteiger partial charge in [0, 0.05) is 17.0 Å². The molecule has 0 radical (unpaired) electrons. The van der Waals surface area contributed by atoms with Crippen LogP contribution in [0.25, 0.3) is 0 Å². The van der Waals surface area contributed by atoms with Crippen LogP contribution in [0.5, 0.6) is 0 Å². The molecule has 4 heteroatoms. The van der Waals surface area contributed by atoms with Gasteiger partial charge in [0.15, 0.2) is 0 Å². The summed E-state index contributed by atoms with van der Waals surface area (Å²) in [5.74, 6) is 0.921. The van der Waals surface area contributed by atoms with E-state index in [2.05, 4.69) is 0 Å². The lowest BCUT2D eigenvalue weighted by atomic mass is 10.1. The molecule has 1 atom stereocenters. The van der Waals surface area contributed by atoms with Crippen molar-refractivity contribution < 1.29 is 0 Å². The molecule has 0 aromatic heterocycles. The average Bonchev–Trinajstić information content (AvgIpc) is 2.82. The van der Waals surface area contributed by atoms with E-state index in [4.69, 9.17) is 28.9 Å². The minimum Gasteiger partial charge on any atom is -0.323 e. The molecule has 0 bridgehead atoms. The van der Waals surface area contributed by atoms with Gasteiger partial charge in [0.25, 0.3) is 0 Å². The molecule has 17 heavy (non-hydrogen) atoms. The monoisotopic (exact) mass is 289 g/mol. The molecule has 1 aliphatic rings. The lowest BCUT2D eigenvalue weighted by Gasteiger charge is -2.16. The molecule has 1 aromatic rings. The van der Waals surface area contributed by atoms with E-state index in [0.717, 1.165) is 16.6 Å². The summed E-state index contributed by atoms with van der Waals surface area (Å²) in [7, 11) is 0. The van der Waals surface area contributed by atoms with Crippen molar-refractivity contribution >= 4 is 35.0 Å². The Morgan fingerprint density at radius 3 is 2.71 bits per heavy atom. The molecule has 2 rings (SSSR count). The molecule has 1 nitrogen and oxygen atoms in total. The van der Waals surface area contributed by atoms with E-state index >= 15 is 0 Å². The van der Waals surface area contributed by atoms with Gasteiger partial charge in [-0.1, -0.05) is 48.2 Å². The Bertz CT molecular complexity index is 378. The Balaban J connectivity index is 1.94. The largest absolute Gasteiger partial charge is 0.323 e. The van der Waals surface area contributed by atoms with Gasteiger partial charge in [0.05, 0.1) is 10.0 Å². The highest BCUT2D eigenvalue weighted by Gasteiger charge is 2.18. The summed E-state index contributed by atoms with van der Waals surface area (Å²) in [6.45, 7) is 0. The zero-order chi connectivity index (χ0) is 12.3. The molecule has 1 saturated carbocycles. The second kappa shape index (κ2) is 6.33. The first-order chi connectivity index (χ1) is 8.18. The lowest BCUT2D eigenvalue weighted by molar-refractivity contribution is 0.820. The number of rotatable bonds is 4. The van der Waals surface area contributed by atoms with Crippen LogP contribution in [0.15, 0.2) is 18.2 Å². The zero-order valence-electron chi connectivity index (χ0n) is 9.66. The first-order valence-corrected chi connectivity index (χ1v) is 7.80. The summed E-state index contributed by atoms with van der Waals surface area (Å²) >= 11 is 14.1. The van der Waals surface area contributed by atoms with Crippen molar-refractivity contribution in [3.63, 3.8) is 0 Å². The fourth-order valence-electron chi connectivity index (χ4n) is 2.19. The predicted molar refractivity (Wildman–Crippen MR) is 78.1 cm³/mol. The van der Waals surface area contributed by atoms with E-state index in [9.17, 15) is 0 Å². The van der Waals surface area contributed by atoms with Crippen LogP contribution in [0.4, 0.5) is 0 Å². The predicted octanol–water partition coefficient (Wildman–Crippen LogP) is 4.67. The second-order valence-corrected chi connectivity index (χ2v) is 6.61. The van der Waals surface area contributed by atoms with Crippen molar-refractivity contribution in [1.82, 2.24) is 0 Å². The molecule has 1 aliphatic carbocycles. The van der Waals surface area contributed by atoms with E-state index in [1.165, 1.54) is 25.7 Å². The van der Waals surface area contributed by atoms with Crippen LogP contribution >= 0.6 is 35.0 Å². The molecule has 1 unspecified atom stereocenters. The summed E-state index contributed by atoms with van der Waals surface area (Å²) in [6, 6.07) is 5.65. The van der Waals surface area contributed by atoms with Gasteiger partial charge in [-0.3, -0.25) is 0 Å². The third-order valence-electron chi connectivity index (χ3n) is 3.19. The maximum atomic E-state index is 6.18. The quantitative estimate of drug-likeness (QED) is 0.872. The minimum absolute atomic E-state index is 0.0215. The third kappa shape index (κ3) is 3.54. The summed E-state index contributed by atoms with van der Waals surface area (Å²) in [4.78, 5) is 0. The van der Waals surface area contributed by atoms with E-state index < -0.39 is 0 Å². The van der Waals surface area contributed by atoms with E-state index in [0.29, 0.717) is 10.0 Å². The molecule has 0 amide bonds. The highest BCUT2D eigenvalue weighted by Crippen LogP contribution is 2.34. The van der Waals surface area contributed by atoms with Crippen LogP contribution < -0.4 is 5.73 Å². The molecule has 0 spiro atoms. The minimum atomic E-state index is -0.0215. The number of hydrogen-bond donors (Lipinski definition) is 1. The standard InChI is InChI=1S/C13H17Cl2NS/c14-11-7-3-6-10(13(11)15)12(16)8-17-9-4-1-2-5-9/h3,6-7,9,12H,1-2,4-5,8,16H2. The van der Waals surface area contributed by atoms with Crippen LogP contribution in [-0.2, 0) is 0 Å². The summed E-state index contributed by atoms with van der Waals surface area (Å²) in [5.41, 5.74) is 7.14. The second-order valence-electron chi connectivity index (χ2n) is 4.49. The van der Waals surface area contributed by atoms with Crippen molar-refractivity contribution in [2.24, 2.45) is 5.73 Å². The summed E-state index contributed by atoms with van der Waals surface area (Å²) in [5, 5.41) is 1.98. The SMILES string of the molecule is NC(CSC1CCCC1)c1cccc(Cl)c1Cl. The summed E-state index contributed by atoms with van der Waals surface area (Å²) in [6.07, 6.45) is 5.40. The van der Waals surface area contributed by atoms with Crippen molar-refractivity contribution in [2.45, 2.75) is 37.0 Å². The number of hydrogen-bond acceptors (Lipinski definition) is 2. The van der Waals surface area contributed by atoms with Crippen LogP contribution in [0, 0.1) is 0 Å². The van der Waals surface area contributed by atoms with Gasteiger partial charge in [-0.25, -0.2) is 0 Å². The van der Waals surface area contributed by atoms with Gasteiger partial charge in [-0.15, -0.1) is 0 Å². The Hall–Kier alpha value is 0.110. The fraction of sp³-hybridized carbons (Fsp3) is 0.538. The Kier molecular flexibility index (Phi) is 5.04. The van der Waals surface area contributed by atoms with Gasteiger partial charge in [-0.2, -0.15) is 11.8 Å². The number of thioether (sulfide) groups is 1. The normalized spacial score (nSPS) is 18.5. The van der Waals surface area contributed by atoms with Crippen molar-refractivity contribution in [3.8, 4) is 0 Å². The van der Waals surface area contributed by atoms with E-state index in [1.54, 1.807) is 6.07 Å². The topological polar surface area (TPSA) is 26.0 Å². The maximum absolute atomic E-state index is 6.18. The van der Waals surface area contributed by atoms with Gasteiger partial charge < -0.3 is 5.73 Å². The smallest absolute Gasteiger partial charge is 0.0640 e. The molecule has 0 saturated heterocycles. The molecule has 94 valence electrons. The number of benzene rings is 1. The van der Waals surface area contributed by atoms with Gasteiger partial charge in [0.2, 0.25) is 0 Å². The summed E-state index contributed by atoms with van der Waals surface area (Å²) < 4.78 is 0. The van der Waals surface area contributed by atoms with E-state index in [-0.39, 0.29) is 6.04 Å². The van der Waals surface area contributed by atoms with Crippen LogP contribution in [0.3, 0.4) is 0 Å². The van der Waals surface area contributed by atoms with Gasteiger partial charge in [0.1, 0.15) is 0 Å². The number of halogens is 2. The first-order valence-electron chi connectivity index (χ1n) is 5.99. The lowest BCUT2D eigenvalue weighted by Crippen LogP contribution is -2.15. The number of nitrogens with two attached hydrogens (primary N) is 1. The zero-order valence-corrected chi connectivity index (χ0v) is 12.0. The molecule has 0 heterocycles. The van der Waals surface area contributed by atoms with Gasteiger partial charge in [-0.05, 0) is 24.5 Å². The van der Waals surface area contributed by atoms with Crippen molar-refractivity contribution in [3.05, 3.63) is 33.8 Å². The molecule has 1 aromatic carbocycles. The van der Waals surface area contributed by atoms with E-state index in [1.807, 2.05) is 23.9 Å². The molecular formula is C13H17Cl2NS. The van der Waals surface area contributed by atoms with Crippen molar-refractivity contribution in [1.29, 1.82) is 0 Å². The molecular weight excluding hydrogens is 273 g/mol. The third-order valence-corrected chi connectivity index (χ3v) is 5.52. The first kappa shape index (κ1) is 13.5. The molecule has 0 aliphatic heterocycles. The van der Waals surface area contributed by atoms with Crippen molar-refractivity contribution in [2.75, 3.05) is 5.75 Å². The highest BCUT2D eigenvalue weighted by atomic mass is 35.5. The average molecular weight is 290 g/mol. The Morgan fingerprint density at radius 1 is 1.29 bits per heavy atom. The van der Waals surface area contributed by atoms with Crippen LogP contribution in [0.1, 0.15) is 37.3 Å². The molecule has 1 fully saturated rings. The fourth-order valence-corrected chi connectivity index (χ4v) is 3.97. The Morgan fingerprint density at radius 2 is 2.00 bits per heavy atom. The van der Waals surface area contributed by atoms with Crippen LogP contribution in [0.2, 0.25) is 10.0 Å². The van der Waals surface area contributed by atoms with Crippen LogP contribution in [-0.4, -0.2) is 11.0 Å².